The molecule has 0 heterocycles. The van der Waals surface area contributed by atoms with Crippen LogP contribution >= 0.6 is 0 Å². The van der Waals surface area contributed by atoms with E-state index >= 15 is 0 Å². The Hall–Kier alpha value is -2.37. The fourth-order valence-corrected chi connectivity index (χ4v) is 0.972. The number of carbonyl (C=O) groups excluding carboxylic acids is 3. The predicted molar refractivity (Wildman–Crippen MR) is 61.9 cm³/mol. The summed E-state index contributed by atoms with van der Waals surface area (Å²) in [4.78, 5) is 33.4. The molecule has 0 N–H and O–H groups in total. The fourth-order valence-electron chi connectivity index (χ4n) is 0.972. The van der Waals surface area contributed by atoms with Crippen LogP contribution in [0.5, 0.6) is 0 Å². The Kier molecular flexibility index (Phi) is 7.59. The normalized spacial score (nSPS) is 10.7. The van der Waals surface area contributed by atoms with Gasteiger partial charge in [-0.05, 0) is 0 Å². The predicted octanol–water partition coefficient (Wildman–Crippen LogP) is 1.24. The second kappa shape index (κ2) is 8.74. The summed E-state index contributed by atoms with van der Waals surface area (Å²) in [6, 6.07) is 0. The molecular weight excluding hydrogens is 240 g/mol. The molecule has 0 radical (unpaired) electrons. The number of hydrogen-bond acceptors (Lipinski definition) is 6. The molecule has 0 aromatic rings. The van der Waals surface area contributed by atoms with E-state index in [1.807, 2.05) is 0 Å². The van der Waals surface area contributed by atoms with Crippen LogP contribution in [-0.4, -0.2) is 24.0 Å². The standard InChI is InChI=1S/C12H14O6/c1-4-10(13)18-9(12(15)17-6-3)7-8-11(14)16-5-2/h4-6,9H,1-3,7-8H2. The Morgan fingerprint density at radius 3 is 2.17 bits per heavy atom. The number of esters is 3. The number of hydrogen-bond donors (Lipinski definition) is 0. The summed E-state index contributed by atoms with van der Waals surface area (Å²) in [7, 11) is 0. The lowest BCUT2D eigenvalue weighted by Crippen LogP contribution is -2.28. The molecule has 6 heteroatoms. The first-order valence-corrected chi connectivity index (χ1v) is 5.00. The molecule has 1 atom stereocenters. The van der Waals surface area contributed by atoms with Crippen molar-refractivity contribution in [1.29, 1.82) is 0 Å². The third-order valence-electron chi connectivity index (χ3n) is 1.71. The van der Waals surface area contributed by atoms with Gasteiger partial charge in [-0.2, -0.15) is 0 Å². The lowest BCUT2D eigenvalue weighted by molar-refractivity contribution is -0.162. The van der Waals surface area contributed by atoms with E-state index in [2.05, 4.69) is 29.2 Å². The first kappa shape index (κ1) is 15.6. The van der Waals surface area contributed by atoms with Crippen molar-refractivity contribution in [2.45, 2.75) is 18.9 Å². The van der Waals surface area contributed by atoms with E-state index in [9.17, 15) is 14.4 Å². The zero-order valence-corrected chi connectivity index (χ0v) is 9.79. The van der Waals surface area contributed by atoms with Crippen LogP contribution in [0, 0.1) is 0 Å². The Labute approximate surface area is 105 Å². The average molecular weight is 254 g/mol. The van der Waals surface area contributed by atoms with Gasteiger partial charge in [-0.25, -0.2) is 9.59 Å². The van der Waals surface area contributed by atoms with Crippen LogP contribution in [0.4, 0.5) is 0 Å². The van der Waals surface area contributed by atoms with Crippen LogP contribution in [0.25, 0.3) is 0 Å². The first-order chi connectivity index (χ1) is 8.54. The zero-order valence-electron chi connectivity index (χ0n) is 9.79. The maximum atomic E-state index is 11.4. The highest BCUT2D eigenvalue weighted by atomic mass is 16.6. The first-order valence-electron chi connectivity index (χ1n) is 5.00. The van der Waals surface area contributed by atoms with Gasteiger partial charge in [0.15, 0.2) is 6.10 Å². The van der Waals surface area contributed by atoms with E-state index in [4.69, 9.17) is 4.74 Å². The van der Waals surface area contributed by atoms with E-state index in [-0.39, 0.29) is 12.8 Å². The van der Waals surface area contributed by atoms with Crippen molar-refractivity contribution < 1.29 is 28.6 Å². The van der Waals surface area contributed by atoms with Gasteiger partial charge in [0.2, 0.25) is 0 Å². The molecule has 0 fully saturated rings. The number of carbonyl (C=O) groups is 3. The van der Waals surface area contributed by atoms with Crippen molar-refractivity contribution >= 4 is 17.9 Å². The second-order valence-electron chi connectivity index (χ2n) is 2.93. The highest BCUT2D eigenvalue weighted by Crippen LogP contribution is 2.07. The molecular formula is C12H14O6. The van der Waals surface area contributed by atoms with Gasteiger partial charge in [-0.3, -0.25) is 4.79 Å². The van der Waals surface area contributed by atoms with Gasteiger partial charge in [0, 0.05) is 12.5 Å². The largest absolute Gasteiger partial charge is 0.447 e. The maximum Gasteiger partial charge on any atom is 0.352 e. The minimum atomic E-state index is -1.22. The molecule has 0 aliphatic heterocycles. The van der Waals surface area contributed by atoms with Gasteiger partial charge in [-0.15, -0.1) is 0 Å². The van der Waals surface area contributed by atoms with Crippen molar-refractivity contribution in [3.05, 3.63) is 38.3 Å². The van der Waals surface area contributed by atoms with Crippen LogP contribution in [0.1, 0.15) is 12.8 Å². The molecule has 0 saturated heterocycles. The van der Waals surface area contributed by atoms with Crippen molar-refractivity contribution in [1.82, 2.24) is 0 Å². The third kappa shape index (κ3) is 6.26. The van der Waals surface area contributed by atoms with E-state index in [0.717, 1.165) is 18.6 Å². The molecule has 98 valence electrons. The smallest absolute Gasteiger partial charge is 0.352 e. The molecule has 1 unspecified atom stereocenters. The van der Waals surface area contributed by atoms with Crippen molar-refractivity contribution in [3.8, 4) is 0 Å². The Morgan fingerprint density at radius 2 is 1.67 bits per heavy atom. The van der Waals surface area contributed by atoms with E-state index in [0.29, 0.717) is 0 Å². The summed E-state index contributed by atoms with van der Waals surface area (Å²) in [5.74, 6) is -2.22. The van der Waals surface area contributed by atoms with Gasteiger partial charge in [0.25, 0.3) is 0 Å². The lowest BCUT2D eigenvalue weighted by Gasteiger charge is -2.13. The Morgan fingerprint density at radius 1 is 1.06 bits per heavy atom. The maximum absolute atomic E-state index is 11.4. The summed E-state index contributed by atoms with van der Waals surface area (Å²) in [6.07, 6.45) is 1.35. The summed E-state index contributed by atoms with van der Waals surface area (Å²) in [5, 5.41) is 0. The SMILES string of the molecule is C=COC(=O)CCC(OC(=O)C=C)C(=O)OC=C. The Balaban J connectivity index is 4.45. The molecule has 0 spiro atoms. The molecule has 0 amide bonds. The van der Waals surface area contributed by atoms with E-state index in [1.54, 1.807) is 0 Å². The van der Waals surface area contributed by atoms with Crippen molar-refractivity contribution in [2.24, 2.45) is 0 Å². The van der Waals surface area contributed by atoms with Gasteiger partial charge in [0.1, 0.15) is 0 Å². The van der Waals surface area contributed by atoms with Crippen LogP contribution in [0.2, 0.25) is 0 Å². The monoisotopic (exact) mass is 254 g/mol. The molecule has 0 rings (SSSR count). The lowest BCUT2D eigenvalue weighted by atomic mass is 10.2. The topological polar surface area (TPSA) is 78.9 Å². The van der Waals surface area contributed by atoms with Gasteiger partial charge >= 0.3 is 17.9 Å². The molecule has 0 aromatic heterocycles. The number of rotatable bonds is 8. The third-order valence-corrected chi connectivity index (χ3v) is 1.71. The average Bonchev–Trinajstić information content (AvgIpc) is 2.34. The molecule has 0 aromatic carbocycles. The van der Waals surface area contributed by atoms with Crippen LogP contribution in [0.15, 0.2) is 38.3 Å². The highest BCUT2D eigenvalue weighted by molar-refractivity contribution is 5.85. The number of ether oxygens (including phenoxy) is 3. The molecule has 0 bridgehead atoms. The summed E-state index contributed by atoms with van der Waals surface area (Å²) < 4.78 is 13.7. The summed E-state index contributed by atoms with van der Waals surface area (Å²) in [5.41, 5.74) is 0. The molecule has 0 saturated carbocycles. The quantitative estimate of drug-likeness (QED) is 0.280. The van der Waals surface area contributed by atoms with Crippen LogP contribution in [0.3, 0.4) is 0 Å². The summed E-state index contributed by atoms with van der Waals surface area (Å²) in [6.45, 7) is 9.60. The highest BCUT2D eigenvalue weighted by Gasteiger charge is 2.24. The minimum Gasteiger partial charge on any atom is -0.447 e. The van der Waals surface area contributed by atoms with E-state index in [1.165, 1.54) is 0 Å². The molecule has 6 nitrogen and oxygen atoms in total. The van der Waals surface area contributed by atoms with E-state index < -0.39 is 24.0 Å². The second-order valence-corrected chi connectivity index (χ2v) is 2.93. The van der Waals surface area contributed by atoms with Crippen LogP contribution in [-0.2, 0) is 28.6 Å². The van der Waals surface area contributed by atoms with Crippen LogP contribution < -0.4 is 0 Å². The summed E-state index contributed by atoms with van der Waals surface area (Å²) >= 11 is 0. The molecule has 0 aliphatic rings. The molecule has 18 heavy (non-hydrogen) atoms. The van der Waals surface area contributed by atoms with Gasteiger partial charge in [-0.1, -0.05) is 19.7 Å². The van der Waals surface area contributed by atoms with Crippen molar-refractivity contribution in [2.75, 3.05) is 0 Å². The van der Waals surface area contributed by atoms with Gasteiger partial charge < -0.3 is 14.2 Å². The minimum absolute atomic E-state index is 0.0705. The van der Waals surface area contributed by atoms with Gasteiger partial charge in [0.05, 0.1) is 18.9 Å². The zero-order chi connectivity index (χ0) is 14.0. The fraction of sp³-hybridized carbons (Fsp3) is 0.250. The molecule has 0 aliphatic carbocycles. The Bertz CT molecular complexity index is 358. The van der Waals surface area contributed by atoms with Crippen molar-refractivity contribution in [3.63, 3.8) is 0 Å².